The molecule has 3 fully saturated rings. The van der Waals surface area contributed by atoms with E-state index in [1.165, 1.54) is 6.20 Å². The van der Waals surface area contributed by atoms with Crippen LogP contribution in [0.1, 0.15) is 86.5 Å². The monoisotopic (exact) mass is 849 g/mol. The topological polar surface area (TPSA) is 185 Å². The minimum Gasteiger partial charge on any atom is -0.492 e. The number of benzene rings is 1. The van der Waals surface area contributed by atoms with E-state index in [0.717, 1.165) is 18.7 Å². The Morgan fingerprint density at radius 3 is 2.41 bits per heavy atom. The maximum atomic E-state index is 15.4. The molecule has 0 radical (unpaired) electrons. The summed E-state index contributed by atoms with van der Waals surface area (Å²) in [7, 11) is -4.47. The number of aromatic nitrogens is 1. The number of carbonyl (C=O) groups is 4. The number of amides is 4. The van der Waals surface area contributed by atoms with Gasteiger partial charge in [0.15, 0.2) is 0 Å². The Morgan fingerprint density at radius 2 is 1.80 bits per heavy atom. The number of pyridine rings is 1. The van der Waals surface area contributed by atoms with Crippen LogP contribution in [0.25, 0.3) is 10.8 Å². The summed E-state index contributed by atoms with van der Waals surface area (Å²) in [4.78, 5) is 62.9. The first-order valence-corrected chi connectivity index (χ1v) is 21.6. The summed E-state index contributed by atoms with van der Waals surface area (Å²) in [5, 5.41) is 14.6. The third kappa shape index (κ3) is 8.29. The maximum Gasteiger partial charge on any atom is 0.408 e. The Labute approximate surface area is 342 Å². The van der Waals surface area contributed by atoms with Crippen LogP contribution in [0, 0.1) is 17.8 Å². The molecule has 59 heavy (non-hydrogen) atoms. The first-order valence-electron chi connectivity index (χ1n) is 20.1. The molecule has 2 saturated carbocycles. The van der Waals surface area contributed by atoms with E-state index >= 15 is 13.6 Å². The number of rotatable bonds is 11. The second-order valence-corrected chi connectivity index (χ2v) is 19.4. The number of ether oxygens (including phenoxy) is 2. The average molecular weight is 850 g/mol. The van der Waals surface area contributed by atoms with Crippen LogP contribution in [0.4, 0.5) is 18.0 Å². The third-order valence-electron chi connectivity index (χ3n) is 12.7. The van der Waals surface area contributed by atoms with E-state index < -0.39 is 92.3 Å². The number of nitrogens with zero attached hydrogens (tertiary/aromatic N) is 3. The molecule has 1 saturated heterocycles. The number of sulfonamides is 1. The fourth-order valence-electron chi connectivity index (χ4n) is 8.48. The number of fused-ring (bicyclic) bond motifs is 3. The summed E-state index contributed by atoms with van der Waals surface area (Å²) in [6, 6.07) is 4.02. The lowest BCUT2D eigenvalue weighted by atomic mass is 9.84. The molecule has 1 aromatic carbocycles. The van der Waals surface area contributed by atoms with Gasteiger partial charge in [0.2, 0.25) is 27.7 Å². The van der Waals surface area contributed by atoms with Gasteiger partial charge in [0, 0.05) is 30.0 Å². The molecular formula is C41H54F3N5O9S. The van der Waals surface area contributed by atoms with Crippen molar-refractivity contribution in [3.05, 3.63) is 42.6 Å². The van der Waals surface area contributed by atoms with Crippen molar-refractivity contribution in [3.8, 4) is 11.6 Å². The van der Waals surface area contributed by atoms with Crippen molar-refractivity contribution in [2.45, 2.75) is 126 Å². The Kier molecular flexibility index (Phi) is 12.0. The SMILES string of the molecule is CCOc1cnc(O[C@@H]2C[C@H]3C(=O)N[C@]4(C(=O)NS(=O)(=O)C5(CF)CC5)C[C@H]4C=CCC[C@@H](C)C[C@@H](C)[C@H](N(C(=O)O)C(C)(C)C(C)(F)F)C(=O)N3C2)c2ccccc12. The second-order valence-electron chi connectivity index (χ2n) is 17.3. The molecule has 18 heteroatoms. The predicted molar refractivity (Wildman–Crippen MR) is 211 cm³/mol. The van der Waals surface area contributed by atoms with Crippen LogP contribution in [0.15, 0.2) is 42.6 Å². The zero-order chi connectivity index (χ0) is 43.3. The molecule has 0 spiro atoms. The Morgan fingerprint density at radius 1 is 1.12 bits per heavy atom. The molecule has 4 amide bonds. The summed E-state index contributed by atoms with van der Waals surface area (Å²) >= 11 is 0. The molecule has 6 rings (SSSR count). The van der Waals surface area contributed by atoms with Crippen LogP contribution in [0.2, 0.25) is 0 Å². The smallest absolute Gasteiger partial charge is 0.408 e. The molecule has 2 aliphatic heterocycles. The molecule has 4 aliphatic rings. The van der Waals surface area contributed by atoms with Gasteiger partial charge in [-0.15, -0.1) is 0 Å². The summed E-state index contributed by atoms with van der Waals surface area (Å²) < 4.78 is 83.5. The standard InChI is InChI=1S/C41H54F3N5O9S/c1-7-57-31-21-45-34(29-15-11-10-14-28(29)31)58-27-19-30-33(50)46-41(36(52)47-59(55,56)40(23-42)16-17-40)20-26(41)13-9-8-12-24(2)18-25(3)32(35(51)48(30)22-27)49(37(53)54)38(4,5)39(6,43)44/h9-11,13-15,21,24-27,30,32H,7-8,12,16-20,22-23H2,1-6H3,(H,46,50)(H,47,52)(H,53,54)/t24-,25-,26-,27-,30+,32+,41-/m1/s1. The molecular weight excluding hydrogens is 796 g/mol. The molecule has 2 aromatic rings. The molecule has 14 nitrogen and oxygen atoms in total. The highest BCUT2D eigenvalue weighted by atomic mass is 32.2. The molecule has 0 unspecified atom stereocenters. The minimum absolute atomic E-state index is 0.00365. The van der Waals surface area contributed by atoms with Gasteiger partial charge in [-0.05, 0) is 77.2 Å². The second kappa shape index (κ2) is 16.1. The van der Waals surface area contributed by atoms with Crippen LogP contribution in [0.5, 0.6) is 11.6 Å². The highest BCUT2D eigenvalue weighted by molar-refractivity contribution is 7.91. The molecule has 3 heterocycles. The minimum atomic E-state index is -4.47. The summed E-state index contributed by atoms with van der Waals surface area (Å²) in [6.45, 7) is 6.90. The van der Waals surface area contributed by atoms with E-state index in [2.05, 4.69) is 10.3 Å². The van der Waals surface area contributed by atoms with Gasteiger partial charge in [0.05, 0.1) is 19.3 Å². The van der Waals surface area contributed by atoms with E-state index in [-0.39, 0.29) is 50.4 Å². The van der Waals surface area contributed by atoms with Crippen molar-refractivity contribution in [2.24, 2.45) is 17.8 Å². The van der Waals surface area contributed by atoms with Crippen molar-refractivity contribution >= 4 is 44.6 Å². The van der Waals surface area contributed by atoms with E-state index in [0.29, 0.717) is 47.8 Å². The maximum absolute atomic E-state index is 15.4. The van der Waals surface area contributed by atoms with Gasteiger partial charge >= 0.3 is 6.09 Å². The number of hydrogen-bond acceptors (Lipinski definition) is 9. The third-order valence-corrected chi connectivity index (χ3v) is 14.8. The van der Waals surface area contributed by atoms with E-state index in [9.17, 15) is 32.3 Å². The van der Waals surface area contributed by atoms with E-state index in [1.54, 1.807) is 37.3 Å². The lowest BCUT2D eigenvalue weighted by molar-refractivity contribution is -0.156. The van der Waals surface area contributed by atoms with Crippen molar-refractivity contribution in [2.75, 3.05) is 19.8 Å². The number of nitrogens with one attached hydrogen (secondary N) is 2. The first-order chi connectivity index (χ1) is 27.6. The molecule has 1 aromatic heterocycles. The highest BCUT2D eigenvalue weighted by Crippen LogP contribution is 2.48. The fraction of sp³-hybridized carbons (Fsp3) is 0.634. The van der Waals surface area contributed by atoms with Gasteiger partial charge in [-0.1, -0.05) is 44.2 Å². The number of carbonyl (C=O) groups excluding carboxylic acids is 3. The fourth-order valence-corrected chi connectivity index (χ4v) is 9.90. The van der Waals surface area contributed by atoms with Gasteiger partial charge in [-0.25, -0.2) is 31.4 Å². The van der Waals surface area contributed by atoms with Gasteiger partial charge < -0.3 is 24.8 Å². The van der Waals surface area contributed by atoms with E-state index in [1.807, 2.05) is 24.6 Å². The van der Waals surface area contributed by atoms with Crippen LogP contribution in [-0.2, 0) is 24.4 Å². The van der Waals surface area contributed by atoms with Gasteiger partial charge in [-0.3, -0.25) is 24.0 Å². The molecule has 324 valence electrons. The normalized spacial score (nSPS) is 28.7. The molecule has 3 N–H and O–H groups in total. The van der Waals surface area contributed by atoms with Crippen molar-refractivity contribution in [3.63, 3.8) is 0 Å². The molecule has 0 bridgehead atoms. The molecule has 7 atom stereocenters. The number of allylic oxidation sites excluding steroid dienone is 1. The summed E-state index contributed by atoms with van der Waals surface area (Å²) in [5.41, 5.74) is -4.18. The molecule has 2 aliphatic carbocycles. The van der Waals surface area contributed by atoms with Gasteiger partial charge in [-0.2, -0.15) is 0 Å². The predicted octanol–water partition coefficient (Wildman–Crippen LogP) is 5.60. The highest BCUT2D eigenvalue weighted by Gasteiger charge is 2.64. The number of alkyl halides is 3. The van der Waals surface area contributed by atoms with Crippen LogP contribution >= 0.6 is 0 Å². The van der Waals surface area contributed by atoms with Crippen molar-refractivity contribution in [1.82, 2.24) is 24.8 Å². The van der Waals surface area contributed by atoms with Crippen LogP contribution in [0.3, 0.4) is 0 Å². The number of carboxylic acid groups (broad SMARTS) is 1. The summed E-state index contributed by atoms with van der Waals surface area (Å²) in [6.07, 6.45) is 3.44. The Hall–Kier alpha value is -4.61. The average Bonchev–Trinajstić information content (AvgIpc) is 4.07. The van der Waals surface area contributed by atoms with Crippen molar-refractivity contribution < 1.29 is 55.3 Å². The Balaban J connectivity index is 1.42. The van der Waals surface area contributed by atoms with Crippen molar-refractivity contribution in [1.29, 1.82) is 0 Å². The zero-order valence-electron chi connectivity index (χ0n) is 34.2. The largest absolute Gasteiger partial charge is 0.492 e. The Bertz CT molecular complexity index is 2110. The van der Waals surface area contributed by atoms with Gasteiger partial charge in [0.25, 0.3) is 11.8 Å². The zero-order valence-corrected chi connectivity index (χ0v) is 35.0. The lowest BCUT2D eigenvalue weighted by Crippen LogP contribution is -2.66. The number of hydrogen-bond donors (Lipinski definition) is 3. The quantitative estimate of drug-likeness (QED) is 0.241. The lowest BCUT2D eigenvalue weighted by Gasteiger charge is -2.47. The van der Waals surface area contributed by atoms with Crippen LogP contribution < -0.4 is 19.5 Å². The number of halogens is 3. The van der Waals surface area contributed by atoms with E-state index in [4.69, 9.17) is 9.47 Å². The summed E-state index contributed by atoms with van der Waals surface area (Å²) in [5.74, 6) is -7.41. The van der Waals surface area contributed by atoms with Gasteiger partial charge in [0.1, 0.15) is 46.4 Å². The first kappa shape index (κ1) is 44.0. The van der Waals surface area contributed by atoms with Crippen LogP contribution in [-0.4, -0.2) is 112 Å².